The first-order valence-electron chi connectivity index (χ1n) is 8.43. The molecule has 0 saturated carbocycles. The highest BCUT2D eigenvalue weighted by molar-refractivity contribution is 6.30. The third kappa shape index (κ3) is 5.99. The minimum Gasteiger partial charge on any atom is -0.478 e. The lowest BCUT2D eigenvalue weighted by molar-refractivity contribution is -0.157. The van der Waals surface area contributed by atoms with Crippen LogP contribution in [0.1, 0.15) is 34.6 Å². The maximum atomic E-state index is 12.5. The maximum Gasteiger partial charge on any atom is 0.313 e. The van der Waals surface area contributed by atoms with Crippen LogP contribution in [0.4, 0.5) is 5.69 Å². The SMILES string of the molecule is CC(C)(C)C(=O)OCn1cc(NC(=O)C(C)(C)Oc2ccc(Cl)cc2)cn1. The molecule has 7 nitrogen and oxygen atoms in total. The molecule has 0 unspecified atom stereocenters. The Kier molecular flexibility index (Phi) is 6.15. The Bertz CT molecular complexity index is 807. The van der Waals surface area contributed by atoms with E-state index in [1.807, 2.05) is 0 Å². The fourth-order valence-corrected chi connectivity index (χ4v) is 2.09. The molecule has 2 rings (SSSR count). The first-order chi connectivity index (χ1) is 12.5. The van der Waals surface area contributed by atoms with E-state index in [4.69, 9.17) is 21.1 Å². The van der Waals surface area contributed by atoms with E-state index in [1.54, 1.807) is 65.1 Å². The molecule has 0 aliphatic heterocycles. The van der Waals surface area contributed by atoms with E-state index in [-0.39, 0.29) is 18.6 Å². The predicted octanol–water partition coefficient (Wildman–Crippen LogP) is 3.88. The van der Waals surface area contributed by atoms with E-state index in [0.29, 0.717) is 16.5 Å². The Hall–Kier alpha value is -2.54. The van der Waals surface area contributed by atoms with Crippen molar-refractivity contribution in [2.24, 2.45) is 5.41 Å². The van der Waals surface area contributed by atoms with Crippen molar-refractivity contribution in [3.05, 3.63) is 41.7 Å². The molecule has 1 heterocycles. The molecule has 146 valence electrons. The summed E-state index contributed by atoms with van der Waals surface area (Å²) in [6.45, 7) is 8.60. The Morgan fingerprint density at radius 3 is 2.37 bits per heavy atom. The van der Waals surface area contributed by atoms with Crippen molar-refractivity contribution < 1.29 is 19.1 Å². The molecule has 0 aliphatic rings. The lowest BCUT2D eigenvalue weighted by atomic mass is 9.98. The van der Waals surface area contributed by atoms with Gasteiger partial charge in [-0.1, -0.05) is 11.6 Å². The van der Waals surface area contributed by atoms with Gasteiger partial charge in [-0.05, 0) is 58.9 Å². The first kappa shape index (κ1) is 20.8. The number of carbonyl (C=O) groups is 2. The zero-order valence-electron chi connectivity index (χ0n) is 16.1. The number of nitrogens with one attached hydrogen (secondary N) is 1. The summed E-state index contributed by atoms with van der Waals surface area (Å²) in [4.78, 5) is 24.3. The van der Waals surface area contributed by atoms with Gasteiger partial charge >= 0.3 is 5.97 Å². The van der Waals surface area contributed by atoms with Crippen LogP contribution < -0.4 is 10.1 Å². The van der Waals surface area contributed by atoms with Crippen LogP contribution in [0.25, 0.3) is 0 Å². The number of ether oxygens (including phenoxy) is 2. The van der Waals surface area contributed by atoms with Crippen LogP contribution in [0.15, 0.2) is 36.7 Å². The van der Waals surface area contributed by atoms with Gasteiger partial charge in [0.05, 0.1) is 23.5 Å². The Morgan fingerprint density at radius 2 is 1.78 bits per heavy atom. The van der Waals surface area contributed by atoms with Crippen LogP contribution in [0.5, 0.6) is 5.75 Å². The van der Waals surface area contributed by atoms with Crippen LogP contribution in [-0.4, -0.2) is 27.3 Å². The van der Waals surface area contributed by atoms with Crippen molar-refractivity contribution in [3.63, 3.8) is 0 Å². The Labute approximate surface area is 163 Å². The number of hydrogen-bond acceptors (Lipinski definition) is 5. The van der Waals surface area contributed by atoms with E-state index >= 15 is 0 Å². The molecule has 1 N–H and O–H groups in total. The number of esters is 1. The summed E-state index contributed by atoms with van der Waals surface area (Å²) in [7, 11) is 0. The molecule has 0 atom stereocenters. The smallest absolute Gasteiger partial charge is 0.313 e. The molecular formula is C19H24ClN3O4. The van der Waals surface area contributed by atoms with Crippen molar-refractivity contribution in [1.29, 1.82) is 0 Å². The highest BCUT2D eigenvalue weighted by atomic mass is 35.5. The fraction of sp³-hybridized carbons (Fsp3) is 0.421. The quantitative estimate of drug-likeness (QED) is 0.753. The summed E-state index contributed by atoms with van der Waals surface area (Å²) in [6, 6.07) is 6.76. The van der Waals surface area contributed by atoms with E-state index in [9.17, 15) is 9.59 Å². The van der Waals surface area contributed by atoms with E-state index in [1.165, 1.54) is 10.9 Å². The van der Waals surface area contributed by atoms with Gasteiger partial charge in [0.25, 0.3) is 5.91 Å². The summed E-state index contributed by atoms with van der Waals surface area (Å²) in [5.74, 6) is -0.144. The van der Waals surface area contributed by atoms with Gasteiger partial charge in [0.15, 0.2) is 12.3 Å². The third-order valence-corrected chi connectivity index (χ3v) is 3.82. The van der Waals surface area contributed by atoms with Gasteiger partial charge in [0.1, 0.15) is 5.75 Å². The fourth-order valence-electron chi connectivity index (χ4n) is 1.97. The van der Waals surface area contributed by atoms with E-state index in [0.717, 1.165) is 0 Å². The molecule has 8 heteroatoms. The lowest BCUT2D eigenvalue weighted by Gasteiger charge is -2.25. The summed E-state index contributed by atoms with van der Waals surface area (Å²) in [6.07, 6.45) is 3.05. The lowest BCUT2D eigenvalue weighted by Crippen LogP contribution is -2.42. The second-order valence-electron chi connectivity index (χ2n) is 7.60. The van der Waals surface area contributed by atoms with Crippen LogP contribution >= 0.6 is 11.6 Å². The molecular weight excluding hydrogens is 370 g/mol. The number of aromatic nitrogens is 2. The monoisotopic (exact) mass is 393 g/mol. The molecule has 0 aliphatic carbocycles. The number of anilines is 1. The second kappa shape index (κ2) is 8.00. The number of hydrogen-bond donors (Lipinski definition) is 1. The van der Waals surface area contributed by atoms with Crippen LogP contribution in [0.3, 0.4) is 0 Å². The largest absolute Gasteiger partial charge is 0.478 e. The first-order valence-corrected chi connectivity index (χ1v) is 8.81. The van der Waals surface area contributed by atoms with Crippen molar-refractivity contribution in [2.75, 3.05) is 5.32 Å². The van der Waals surface area contributed by atoms with Gasteiger partial charge in [-0.15, -0.1) is 0 Å². The van der Waals surface area contributed by atoms with Gasteiger partial charge in [-0.3, -0.25) is 9.59 Å². The minimum absolute atomic E-state index is 0.0311. The third-order valence-electron chi connectivity index (χ3n) is 3.56. The molecule has 1 aromatic carbocycles. The topological polar surface area (TPSA) is 82.5 Å². The molecule has 0 fully saturated rings. The number of benzene rings is 1. The van der Waals surface area contributed by atoms with Crippen molar-refractivity contribution in [1.82, 2.24) is 9.78 Å². The van der Waals surface area contributed by atoms with E-state index in [2.05, 4.69) is 10.4 Å². The Morgan fingerprint density at radius 1 is 1.15 bits per heavy atom. The predicted molar refractivity (Wildman–Crippen MR) is 103 cm³/mol. The summed E-state index contributed by atoms with van der Waals surface area (Å²) in [5, 5.41) is 7.39. The number of halogens is 1. The van der Waals surface area contributed by atoms with Gasteiger partial charge in [0.2, 0.25) is 0 Å². The highest BCUT2D eigenvalue weighted by Gasteiger charge is 2.30. The normalized spacial score (nSPS) is 11.8. The molecule has 0 saturated heterocycles. The van der Waals surface area contributed by atoms with Crippen molar-refractivity contribution in [2.45, 2.75) is 47.0 Å². The highest BCUT2D eigenvalue weighted by Crippen LogP contribution is 2.22. The van der Waals surface area contributed by atoms with Crippen molar-refractivity contribution in [3.8, 4) is 5.75 Å². The van der Waals surface area contributed by atoms with Crippen LogP contribution in [0.2, 0.25) is 5.02 Å². The average molecular weight is 394 g/mol. The van der Waals surface area contributed by atoms with Crippen molar-refractivity contribution >= 4 is 29.2 Å². The molecule has 0 bridgehead atoms. The number of amides is 1. The summed E-state index contributed by atoms with van der Waals surface area (Å²) in [5.41, 5.74) is -1.23. The Balaban J connectivity index is 1.94. The maximum absolute atomic E-state index is 12.5. The molecule has 0 radical (unpaired) electrons. The van der Waals surface area contributed by atoms with Gasteiger partial charge in [-0.2, -0.15) is 5.10 Å². The molecule has 1 aromatic heterocycles. The number of nitrogens with zero attached hydrogens (tertiary/aromatic N) is 2. The minimum atomic E-state index is -1.12. The van der Waals surface area contributed by atoms with Crippen LogP contribution in [0, 0.1) is 5.41 Å². The van der Waals surface area contributed by atoms with Gasteiger partial charge in [-0.25, -0.2) is 4.68 Å². The van der Waals surface area contributed by atoms with Gasteiger partial charge < -0.3 is 14.8 Å². The average Bonchev–Trinajstić information content (AvgIpc) is 3.01. The zero-order chi connectivity index (χ0) is 20.2. The zero-order valence-corrected chi connectivity index (χ0v) is 16.8. The molecule has 0 spiro atoms. The van der Waals surface area contributed by atoms with Gasteiger partial charge in [0, 0.05) is 5.02 Å². The molecule has 1 amide bonds. The number of carbonyl (C=O) groups excluding carboxylic acids is 2. The number of rotatable bonds is 6. The van der Waals surface area contributed by atoms with Crippen LogP contribution in [-0.2, 0) is 21.1 Å². The van der Waals surface area contributed by atoms with E-state index < -0.39 is 11.0 Å². The molecule has 2 aromatic rings. The molecule has 27 heavy (non-hydrogen) atoms. The second-order valence-corrected chi connectivity index (χ2v) is 8.04. The summed E-state index contributed by atoms with van der Waals surface area (Å²) < 4.78 is 12.3. The standard InChI is InChI=1S/C19H24ClN3O4/c1-18(2,3)17(25)26-12-23-11-14(10-21-23)22-16(24)19(4,5)27-15-8-6-13(20)7-9-15/h6-11H,12H2,1-5H3,(H,22,24). The summed E-state index contributed by atoms with van der Waals surface area (Å²) >= 11 is 5.85.